The van der Waals surface area contributed by atoms with E-state index in [0.717, 1.165) is 25.8 Å². The van der Waals surface area contributed by atoms with Crippen molar-refractivity contribution in [1.29, 1.82) is 0 Å². The topological polar surface area (TPSA) is 75.4 Å². The first-order chi connectivity index (χ1) is 11.6. The molecule has 8 heteroatoms. The lowest BCUT2D eigenvalue weighted by Gasteiger charge is -2.31. The fourth-order valence-corrected chi connectivity index (χ4v) is 4.84. The smallest absolute Gasteiger partial charge is 0.243 e. The Labute approximate surface area is 155 Å². The van der Waals surface area contributed by atoms with Crippen molar-refractivity contribution in [2.75, 3.05) is 26.7 Å². The molecule has 0 amide bonds. The highest BCUT2D eigenvalue weighted by atomic mass is 35.5. The zero-order chi connectivity index (χ0) is 17.0. The highest BCUT2D eigenvalue weighted by molar-refractivity contribution is 7.89. The third-order valence-corrected chi connectivity index (χ3v) is 6.54. The van der Waals surface area contributed by atoms with Gasteiger partial charge in [-0.1, -0.05) is 17.3 Å². The number of hydrogen-bond acceptors (Lipinski definition) is 5. The molecule has 1 N–H and O–H groups in total. The molecule has 0 unspecified atom stereocenters. The van der Waals surface area contributed by atoms with Gasteiger partial charge >= 0.3 is 0 Å². The number of halogens is 1. The minimum atomic E-state index is -3.53. The Morgan fingerprint density at radius 2 is 1.96 bits per heavy atom. The SMILES string of the molecule is CNCCC1CCN(S(=O)(=O)c2ccccc2-c2ccno2)CC1.Cl. The average molecular weight is 386 g/mol. The number of aromatic nitrogens is 1. The molecule has 1 aromatic heterocycles. The molecule has 1 fully saturated rings. The molecule has 1 aliphatic rings. The van der Waals surface area contributed by atoms with Crippen LogP contribution in [0.25, 0.3) is 11.3 Å². The molecule has 138 valence electrons. The standard InChI is InChI=1S/C17H23N3O3S.ClH/c1-18-10-6-14-8-12-20(13-9-14)24(21,22)17-5-3-2-4-15(17)16-7-11-19-23-16;/h2-5,7,11,14,18H,6,8-10,12-13H2,1H3;1H. The molecule has 25 heavy (non-hydrogen) atoms. The van der Waals surface area contributed by atoms with Gasteiger partial charge in [0.2, 0.25) is 10.0 Å². The summed E-state index contributed by atoms with van der Waals surface area (Å²) in [5, 5.41) is 6.84. The lowest BCUT2D eigenvalue weighted by molar-refractivity contribution is 0.263. The van der Waals surface area contributed by atoms with Crippen molar-refractivity contribution in [2.45, 2.75) is 24.2 Å². The van der Waals surface area contributed by atoms with Crippen LogP contribution in [-0.2, 0) is 10.0 Å². The first-order valence-corrected chi connectivity index (χ1v) is 9.72. The number of rotatable bonds is 6. The maximum atomic E-state index is 13.1. The highest BCUT2D eigenvalue weighted by Crippen LogP contribution is 2.31. The predicted octanol–water partition coefficient (Wildman–Crippen LogP) is 2.77. The van der Waals surface area contributed by atoms with Crippen LogP contribution < -0.4 is 5.32 Å². The third-order valence-electron chi connectivity index (χ3n) is 4.58. The molecular formula is C17H24ClN3O3S. The summed E-state index contributed by atoms with van der Waals surface area (Å²) in [4.78, 5) is 0.287. The molecule has 0 saturated carbocycles. The predicted molar refractivity (Wildman–Crippen MR) is 99.2 cm³/mol. The van der Waals surface area contributed by atoms with E-state index in [1.807, 2.05) is 7.05 Å². The molecule has 0 aliphatic carbocycles. The lowest BCUT2D eigenvalue weighted by Crippen LogP contribution is -2.39. The van der Waals surface area contributed by atoms with E-state index in [-0.39, 0.29) is 17.3 Å². The van der Waals surface area contributed by atoms with Crippen molar-refractivity contribution in [3.63, 3.8) is 0 Å². The minimum Gasteiger partial charge on any atom is -0.356 e. The first kappa shape index (κ1) is 19.9. The van der Waals surface area contributed by atoms with Gasteiger partial charge in [0.15, 0.2) is 5.76 Å². The second kappa shape index (κ2) is 8.80. The Morgan fingerprint density at radius 1 is 1.24 bits per heavy atom. The van der Waals surface area contributed by atoms with Crippen LogP contribution in [0.1, 0.15) is 19.3 Å². The normalized spacial score (nSPS) is 16.5. The zero-order valence-electron chi connectivity index (χ0n) is 14.2. The van der Waals surface area contributed by atoms with Gasteiger partial charge in [-0.25, -0.2) is 8.42 Å². The number of benzene rings is 1. The van der Waals surface area contributed by atoms with Crippen molar-refractivity contribution in [2.24, 2.45) is 5.92 Å². The van der Waals surface area contributed by atoms with Crippen molar-refractivity contribution in [3.05, 3.63) is 36.5 Å². The van der Waals surface area contributed by atoms with E-state index in [9.17, 15) is 8.42 Å². The van der Waals surface area contributed by atoms with E-state index in [1.165, 1.54) is 6.20 Å². The third kappa shape index (κ3) is 4.41. The molecule has 0 atom stereocenters. The van der Waals surface area contributed by atoms with E-state index in [0.29, 0.717) is 30.3 Å². The van der Waals surface area contributed by atoms with Gasteiger partial charge in [0, 0.05) is 24.7 Å². The molecule has 1 aliphatic heterocycles. The highest BCUT2D eigenvalue weighted by Gasteiger charge is 2.31. The van der Waals surface area contributed by atoms with Gasteiger partial charge in [-0.3, -0.25) is 0 Å². The van der Waals surface area contributed by atoms with Crippen molar-refractivity contribution in [3.8, 4) is 11.3 Å². The summed E-state index contributed by atoms with van der Waals surface area (Å²) in [6, 6.07) is 8.62. The zero-order valence-corrected chi connectivity index (χ0v) is 15.9. The summed E-state index contributed by atoms with van der Waals surface area (Å²) in [5.74, 6) is 1.06. The average Bonchev–Trinajstić information content (AvgIpc) is 3.15. The second-order valence-corrected chi connectivity index (χ2v) is 8.02. The van der Waals surface area contributed by atoms with Crippen LogP contribution in [0.2, 0.25) is 0 Å². The molecule has 0 bridgehead atoms. The van der Waals surface area contributed by atoms with Gasteiger partial charge in [-0.05, 0) is 50.9 Å². The molecular weight excluding hydrogens is 362 g/mol. The molecule has 0 radical (unpaired) electrons. The maximum absolute atomic E-state index is 13.1. The number of nitrogens with one attached hydrogen (secondary N) is 1. The lowest BCUT2D eigenvalue weighted by atomic mass is 9.95. The fourth-order valence-electron chi connectivity index (χ4n) is 3.18. The molecule has 3 rings (SSSR count). The fraction of sp³-hybridized carbons (Fsp3) is 0.471. The van der Waals surface area contributed by atoms with E-state index in [1.54, 1.807) is 34.6 Å². The van der Waals surface area contributed by atoms with Crippen LogP contribution >= 0.6 is 12.4 Å². The number of hydrogen-bond donors (Lipinski definition) is 1. The Balaban J connectivity index is 0.00000225. The van der Waals surface area contributed by atoms with Crippen LogP contribution in [0.5, 0.6) is 0 Å². The van der Waals surface area contributed by atoms with Gasteiger partial charge < -0.3 is 9.84 Å². The molecule has 1 aromatic carbocycles. The number of sulfonamides is 1. The van der Waals surface area contributed by atoms with E-state index in [2.05, 4.69) is 10.5 Å². The second-order valence-electron chi connectivity index (χ2n) is 6.11. The van der Waals surface area contributed by atoms with Crippen molar-refractivity contribution >= 4 is 22.4 Å². The van der Waals surface area contributed by atoms with E-state index >= 15 is 0 Å². The molecule has 0 spiro atoms. The largest absolute Gasteiger partial charge is 0.356 e. The maximum Gasteiger partial charge on any atom is 0.243 e. The molecule has 2 aromatic rings. The number of nitrogens with zero attached hydrogens (tertiary/aromatic N) is 2. The van der Waals surface area contributed by atoms with Gasteiger partial charge in [0.1, 0.15) is 0 Å². The summed E-state index contributed by atoms with van der Waals surface area (Å²) in [6.45, 7) is 2.12. The number of piperidine rings is 1. The summed E-state index contributed by atoms with van der Waals surface area (Å²) in [5.41, 5.74) is 0.562. The first-order valence-electron chi connectivity index (χ1n) is 8.28. The van der Waals surface area contributed by atoms with Crippen LogP contribution in [0.4, 0.5) is 0 Å². The summed E-state index contributed by atoms with van der Waals surface area (Å²) < 4.78 is 32.9. The van der Waals surface area contributed by atoms with Crippen molar-refractivity contribution < 1.29 is 12.9 Å². The Morgan fingerprint density at radius 3 is 2.60 bits per heavy atom. The summed E-state index contributed by atoms with van der Waals surface area (Å²) in [7, 11) is -1.59. The Bertz CT molecular complexity index is 757. The van der Waals surface area contributed by atoms with Crippen LogP contribution in [-0.4, -0.2) is 44.6 Å². The monoisotopic (exact) mass is 385 g/mol. The van der Waals surface area contributed by atoms with Gasteiger partial charge in [0.25, 0.3) is 0 Å². The van der Waals surface area contributed by atoms with Crippen LogP contribution in [0.3, 0.4) is 0 Å². The van der Waals surface area contributed by atoms with Gasteiger partial charge in [-0.2, -0.15) is 4.31 Å². The molecule has 1 saturated heterocycles. The van der Waals surface area contributed by atoms with E-state index in [4.69, 9.17) is 4.52 Å². The van der Waals surface area contributed by atoms with Gasteiger partial charge in [-0.15, -0.1) is 12.4 Å². The van der Waals surface area contributed by atoms with E-state index < -0.39 is 10.0 Å². The van der Waals surface area contributed by atoms with Gasteiger partial charge in [0.05, 0.1) is 11.1 Å². The summed E-state index contributed by atoms with van der Waals surface area (Å²) in [6.07, 6.45) is 4.43. The minimum absolute atomic E-state index is 0. The van der Waals surface area contributed by atoms with Crippen molar-refractivity contribution in [1.82, 2.24) is 14.8 Å². The van der Waals surface area contributed by atoms with Crippen LogP contribution in [0.15, 0.2) is 45.9 Å². The Hall–Kier alpha value is -1.41. The summed E-state index contributed by atoms with van der Waals surface area (Å²) >= 11 is 0. The quantitative estimate of drug-likeness (QED) is 0.827. The Kier molecular flexibility index (Phi) is 7.01. The van der Waals surface area contributed by atoms with Crippen LogP contribution in [0, 0.1) is 5.92 Å². The molecule has 2 heterocycles. The molecule has 6 nitrogen and oxygen atoms in total.